The summed E-state index contributed by atoms with van der Waals surface area (Å²) < 4.78 is 0. The summed E-state index contributed by atoms with van der Waals surface area (Å²) in [6.07, 6.45) is 3.35. The van der Waals surface area contributed by atoms with Gasteiger partial charge in [0.2, 0.25) is 0 Å². The Morgan fingerprint density at radius 1 is 0.955 bits per heavy atom. The maximum absolute atomic E-state index is 10.5. The molecule has 2 aromatic carbocycles. The second-order valence-electron chi connectivity index (χ2n) is 4.64. The Bertz CT molecular complexity index is 866. The van der Waals surface area contributed by atoms with Gasteiger partial charge in [-0.1, -0.05) is 24.3 Å². The number of aromatic nitrogens is 3. The molecule has 0 radical (unpaired) electrons. The van der Waals surface area contributed by atoms with Gasteiger partial charge in [-0.2, -0.15) is 0 Å². The number of carbonyl (C=O) groups is 1. The van der Waals surface area contributed by atoms with Crippen LogP contribution in [0.4, 0.5) is 0 Å². The number of hydrogen-bond donors (Lipinski definition) is 2. The number of benzene rings is 2. The number of carboxylic acids is 1. The number of nitrogens with one attached hydrogen (secondary N) is 1. The van der Waals surface area contributed by atoms with Crippen LogP contribution in [0, 0.1) is 0 Å². The van der Waals surface area contributed by atoms with Crippen LogP contribution in [0.1, 0.15) is 10.4 Å². The summed E-state index contributed by atoms with van der Waals surface area (Å²) in [6, 6.07) is 16.9. The highest BCUT2D eigenvalue weighted by Gasteiger charge is 2.03. The van der Waals surface area contributed by atoms with E-state index in [0.717, 1.165) is 11.0 Å². The number of carboxylic acid groups (broad SMARTS) is 1. The molecule has 0 atom stereocenters. The normalized spacial score (nSPS) is 10.2. The molecule has 2 heterocycles. The van der Waals surface area contributed by atoms with Crippen molar-refractivity contribution in [3.8, 4) is 0 Å². The zero-order valence-corrected chi connectivity index (χ0v) is 11.6. The topological polar surface area (TPSA) is 78.9 Å². The number of para-hydroxylation sites is 1. The largest absolute Gasteiger partial charge is 0.478 e. The molecule has 5 heteroatoms. The maximum atomic E-state index is 10.5. The first-order valence-corrected chi connectivity index (χ1v) is 6.70. The van der Waals surface area contributed by atoms with E-state index >= 15 is 0 Å². The van der Waals surface area contributed by atoms with Crippen molar-refractivity contribution >= 4 is 27.9 Å². The summed E-state index contributed by atoms with van der Waals surface area (Å²) in [5, 5.41) is 9.84. The number of pyridine rings is 1. The third kappa shape index (κ3) is 2.93. The summed E-state index contributed by atoms with van der Waals surface area (Å²) in [4.78, 5) is 21.5. The van der Waals surface area contributed by atoms with E-state index in [1.807, 2.05) is 30.5 Å². The first-order valence-electron chi connectivity index (χ1n) is 6.70. The van der Waals surface area contributed by atoms with Crippen LogP contribution in [0.3, 0.4) is 0 Å². The fraction of sp³-hybridized carbons (Fsp3) is 0. The number of imidazole rings is 1. The Labute approximate surface area is 126 Å². The van der Waals surface area contributed by atoms with Gasteiger partial charge in [0, 0.05) is 11.6 Å². The number of H-pyrrole nitrogens is 1. The lowest BCUT2D eigenvalue weighted by Gasteiger charge is -1.92. The quantitative estimate of drug-likeness (QED) is 0.562. The SMILES string of the molecule is O=C(O)c1ccc2[nH]cnc2c1.c1ccc2ncccc2c1. The van der Waals surface area contributed by atoms with Crippen molar-refractivity contribution in [3.05, 3.63) is 72.7 Å². The van der Waals surface area contributed by atoms with E-state index in [1.165, 1.54) is 17.8 Å². The molecule has 4 aromatic rings. The molecule has 0 bridgehead atoms. The minimum atomic E-state index is -0.931. The molecule has 0 spiro atoms. The second kappa shape index (κ2) is 6.05. The summed E-state index contributed by atoms with van der Waals surface area (Å²) in [5.74, 6) is -0.931. The third-order valence-electron chi connectivity index (χ3n) is 3.18. The van der Waals surface area contributed by atoms with Gasteiger partial charge in [-0.3, -0.25) is 4.98 Å². The summed E-state index contributed by atoms with van der Waals surface area (Å²) in [6.45, 7) is 0. The van der Waals surface area contributed by atoms with Gasteiger partial charge in [0.15, 0.2) is 0 Å². The molecule has 22 heavy (non-hydrogen) atoms. The highest BCUT2D eigenvalue weighted by atomic mass is 16.4. The van der Waals surface area contributed by atoms with E-state index in [0.29, 0.717) is 5.52 Å². The molecule has 0 aliphatic heterocycles. The maximum Gasteiger partial charge on any atom is 0.335 e. The number of aromatic carboxylic acids is 1. The van der Waals surface area contributed by atoms with Crippen molar-refractivity contribution < 1.29 is 9.90 Å². The Morgan fingerprint density at radius 2 is 1.77 bits per heavy atom. The van der Waals surface area contributed by atoms with E-state index in [4.69, 9.17) is 5.11 Å². The van der Waals surface area contributed by atoms with Gasteiger partial charge in [-0.25, -0.2) is 9.78 Å². The van der Waals surface area contributed by atoms with Crippen LogP contribution in [-0.2, 0) is 0 Å². The minimum absolute atomic E-state index is 0.259. The van der Waals surface area contributed by atoms with E-state index in [2.05, 4.69) is 27.1 Å². The van der Waals surface area contributed by atoms with Crippen molar-refractivity contribution in [2.24, 2.45) is 0 Å². The zero-order valence-electron chi connectivity index (χ0n) is 11.6. The van der Waals surface area contributed by atoms with Crippen molar-refractivity contribution in [2.45, 2.75) is 0 Å². The fourth-order valence-corrected chi connectivity index (χ4v) is 2.08. The zero-order chi connectivity index (χ0) is 15.4. The number of hydrogen-bond acceptors (Lipinski definition) is 3. The predicted molar refractivity (Wildman–Crippen MR) is 84.8 cm³/mol. The van der Waals surface area contributed by atoms with Crippen LogP contribution < -0.4 is 0 Å². The standard InChI is InChI=1S/C9H7N.C8H6N2O2/c1-2-6-9-8(4-1)5-3-7-10-9;11-8(12)5-1-2-6-7(3-5)10-4-9-6/h1-7H;1-4H,(H,9,10)(H,11,12). The molecular formula is C17H13N3O2. The number of fused-ring (bicyclic) bond motifs is 2. The Morgan fingerprint density at radius 3 is 2.59 bits per heavy atom. The highest BCUT2D eigenvalue weighted by Crippen LogP contribution is 2.11. The minimum Gasteiger partial charge on any atom is -0.478 e. The van der Waals surface area contributed by atoms with E-state index < -0.39 is 5.97 Å². The molecule has 0 fully saturated rings. The molecule has 0 saturated carbocycles. The van der Waals surface area contributed by atoms with Crippen molar-refractivity contribution in [1.82, 2.24) is 15.0 Å². The molecule has 0 aliphatic rings. The van der Waals surface area contributed by atoms with Gasteiger partial charge in [0.05, 0.1) is 28.4 Å². The van der Waals surface area contributed by atoms with E-state index in [-0.39, 0.29) is 5.56 Å². The predicted octanol–water partition coefficient (Wildman–Crippen LogP) is 3.50. The lowest BCUT2D eigenvalue weighted by atomic mass is 10.2. The molecule has 2 aromatic heterocycles. The van der Waals surface area contributed by atoms with Crippen molar-refractivity contribution in [2.75, 3.05) is 0 Å². The Kier molecular flexibility index (Phi) is 3.78. The average Bonchev–Trinajstić information content (AvgIpc) is 3.03. The van der Waals surface area contributed by atoms with Crippen molar-refractivity contribution in [3.63, 3.8) is 0 Å². The lowest BCUT2D eigenvalue weighted by Crippen LogP contribution is -1.94. The summed E-state index contributed by atoms with van der Waals surface area (Å²) >= 11 is 0. The van der Waals surface area contributed by atoms with Crippen LogP contribution >= 0.6 is 0 Å². The molecule has 108 valence electrons. The molecule has 0 unspecified atom stereocenters. The molecule has 0 saturated heterocycles. The number of rotatable bonds is 1. The monoisotopic (exact) mass is 291 g/mol. The molecular weight excluding hydrogens is 278 g/mol. The van der Waals surface area contributed by atoms with Crippen molar-refractivity contribution in [1.29, 1.82) is 0 Å². The molecule has 2 N–H and O–H groups in total. The Hall–Kier alpha value is -3.21. The molecule has 5 nitrogen and oxygen atoms in total. The van der Waals surface area contributed by atoms with E-state index in [1.54, 1.807) is 12.1 Å². The van der Waals surface area contributed by atoms with Gasteiger partial charge in [-0.15, -0.1) is 0 Å². The van der Waals surface area contributed by atoms with Crippen LogP contribution in [0.15, 0.2) is 67.1 Å². The van der Waals surface area contributed by atoms with Gasteiger partial charge in [0.1, 0.15) is 0 Å². The van der Waals surface area contributed by atoms with Gasteiger partial charge in [-0.05, 0) is 30.3 Å². The highest BCUT2D eigenvalue weighted by molar-refractivity contribution is 5.92. The summed E-state index contributed by atoms with van der Waals surface area (Å²) in [5.41, 5.74) is 2.84. The Balaban J connectivity index is 0.000000133. The summed E-state index contributed by atoms with van der Waals surface area (Å²) in [7, 11) is 0. The number of aromatic amines is 1. The van der Waals surface area contributed by atoms with Gasteiger partial charge >= 0.3 is 5.97 Å². The molecule has 0 amide bonds. The smallest absolute Gasteiger partial charge is 0.335 e. The van der Waals surface area contributed by atoms with Gasteiger partial charge in [0.25, 0.3) is 0 Å². The second-order valence-corrected chi connectivity index (χ2v) is 4.64. The fourth-order valence-electron chi connectivity index (χ4n) is 2.08. The number of nitrogens with zero attached hydrogens (tertiary/aromatic N) is 2. The van der Waals surface area contributed by atoms with Gasteiger partial charge < -0.3 is 10.1 Å². The molecule has 0 aliphatic carbocycles. The van der Waals surface area contributed by atoms with Crippen LogP contribution in [0.2, 0.25) is 0 Å². The van der Waals surface area contributed by atoms with Crippen LogP contribution in [-0.4, -0.2) is 26.0 Å². The molecule has 4 rings (SSSR count). The van der Waals surface area contributed by atoms with E-state index in [9.17, 15) is 4.79 Å². The third-order valence-corrected chi connectivity index (χ3v) is 3.18. The first kappa shape index (κ1) is 13.8. The average molecular weight is 291 g/mol. The van der Waals surface area contributed by atoms with Crippen LogP contribution in [0.5, 0.6) is 0 Å². The first-order chi connectivity index (χ1) is 10.7. The lowest BCUT2D eigenvalue weighted by molar-refractivity contribution is 0.0697. The van der Waals surface area contributed by atoms with Crippen LogP contribution in [0.25, 0.3) is 21.9 Å².